The van der Waals surface area contributed by atoms with Crippen LogP contribution >= 0.6 is 15.9 Å². The van der Waals surface area contributed by atoms with Crippen molar-refractivity contribution >= 4 is 15.9 Å². The Morgan fingerprint density at radius 1 is 1.33 bits per heavy atom. The fraction of sp³-hybridized carbons (Fsp3) is 0. The Kier molecular flexibility index (Phi) is 1.96. The van der Waals surface area contributed by atoms with Gasteiger partial charge in [0.1, 0.15) is 5.76 Å². The maximum absolute atomic E-state index is 5.23. The lowest BCUT2D eigenvalue weighted by Gasteiger charge is -1.97. The van der Waals surface area contributed by atoms with E-state index in [1.54, 1.807) is 18.7 Å². The molecule has 0 aromatic carbocycles. The third kappa shape index (κ3) is 1.28. The molecule has 0 atom stereocenters. The molecule has 2 heterocycles. The van der Waals surface area contributed by atoms with Crippen LogP contribution in [0.4, 0.5) is 0 Å². The third-order valence-corrected chi connectivity index (χ3v) is 2.25. The molecule has 12 heavy (non-hydrogen) atoms. The van der Waals surface area contributed by atoms with Crippen LogP contribution in [0.25, 0.3) is 11.3 Å². The fourth-order valence-corrected chi connectivity index (χ4v) is 1.41. The summed E-state index contributed by atoms with van der Waals surface area (Å²) >= 11 is 3.42. The second kappa shape index (κ2) is 3.11. The first-order valence-electron chi connectivity index (χ1n) is 3.51. The second-order valence-corrected chi connectivity index (χ2v) is 3.19. The van der Waals surface area contributed by atoms with Crippen LogP contribution in [-0.2, 0) is 0 Å². The molecule has 2 rings (SSSR count). The van der Waals surface area contributed by atoms with Crippen LogP contribution in [0.3, 0.4) is 0 Å². The summed E-state index contributed by atoms with van der Waals surface area (Å²) in [5.74, 6) is 0.829. The van der Waals surface area contributed by atoms with Crippen molar-refractivity contribution in [2.75, 3.05) is 0 Å². The molecule has 0 aliphatic heterocycles. The number of furan rings is 1. The van der Waals surface area contributed by atoms with E-state index in [0.717, 1.165) is 15.8 Å². The van der Waals surface area contributed by atoms with E-state index in [0.29, 0.717) is 0 Å². The number of hydrogen-bond donors (Lipinski definition) is 0. The van der Waals surface area contributed by atoms with Crippen molar-refractivity contribution in [2.45, 2.75) is 0 Å². The van der Waals surface area contributed by atoms with Crippen molar-refractivity contribution in [3.8, 4) is 11.3 Å². The molecule has 0 spiro atoms. The van der Waals surface area contributed by atoms with Crippen molar-refractivity contribution in [1.82, 2.24) is 4.98 Å². The highest BCUT2D eigenvalue weighted by molar-refractivity contribution is 9.10. The summed E-state index contributed by atoms with van der Waals surface area (Å²) in [6.07, 6.45) is 5.15. The van der Waals surface area contributed by atoms with Crippen LogP contribution in [0, 0.1) is 0 Å². The summed E-state index contributed by atoms with van der Waals surface area (Å²) in [6, 6.07) is 5.65. The van der Waals surface area contributed by atoms with Crippen LogP contribution in [0.15, 0.2) is 45.7 Å². The number of pyridine rings is 1. The Balaban J connectivity index is 2.55. The molecule has 0 fully saturated rings. The van der Waals surface area contributed by atoms with E-state index < -0.39 is 0 Å². The minimum absolute atomic E-state index is 0.829. The fourth-order valence-electron chi connectivity index (χ4n) is 0.991. The zero-order valence-corrected chi connectivity index (χ0v) is 7.78. The van der Waals surface area contributed by atoms with E-state index in [1.807, 2.05) is 18.2 Å². The zero-order chi connectivity index (χ0) is 8.39. The van der Waals surface area contributed by atoms with E-state index in [1.165, 1.54) is 0 Å². The molecule has 0 unspecified atom stereocenters. The first-order chi connectivity index (χ1) is 5.88. The first-order valence-corrected chi connectivity index (χ1v) is 4.30. The van der Waals surface area contributed by atoms with Gasteiger partial charge in [0.15, 0.2) is 0 Å². The van der Waals surface area contributed by atoms with Gasteiger partial charge in [0.2, 0.25) is 0 Å². The molecule has 0 saturated carbocycles. The molecular weight excluding hydrogens is 218 g/mol. The highest BCUT2D eigenvalue weighted by atomic mass is 79.9. The van der Waals surface area contributed by atoms with Gasteiger partial charge >= 0.3 is 0 Å². The van der Waals surface area contributed by atoms with Gasteiger partial charge in [-0.15, -0.1) is 0 Å². The first kappa shape index (κ1) is 7.55. The van der Waals surface area contributed by atoms with Gasteiger partial charge in [-0.2, -0.15) is 0 Å². The normalized spacial score (nSPS) is 10.1. The van der Waals surface area contributed by atoms with Gasteiger partial charge in [0.25, 0.3) is 0 Å². The summed E-state index contributed by atoms with van der Waals surface area (Å²) in [5.41, 5.74) is 0.975. The van der Waals surface area contributed by atoms with Gasteiger partial charge in [0.05, 0.1) is 6.26 Å². The van der Waals surface area contributed by atoms with Crippen LogP contribution in [0.2, 0.25) is 0 Å². The average molecular weight is 224 g/mol. The monoisotopic (exact) mass is 223 g/mol. The minimum Gasteiger partial charge on any atom is -0.464 e. The lowest BCUT2D eigenvalue weighted by molar-refractivity contribution is 0.582. The molecular formula is C9H6BrNO. The quantitative estimate of drug-likeness (QED) is 0.743. The maximum atomic E-state index is 5.23. The van der Waals surface area contributed by atoms with Crippen LogP contribution < -0.4 is 0 Å². The second-order valence-electron chi connectivity index (χ2n) is 2.33. The van der Waals surface area contributed by atoms with Crippen molar-refractivity contribution < 1.29 is 4.42 Å². The van der Waals surface area contributed by atoms with E-state index >= 15 is 0 Å². The Labute approximate surface area is 78.4 Å². The molecule has 0 aliphatic carbocycles. The topological polar surface area (TPSA) is 26.0 Å². The average Bonchev–Trinajstić information content (AvgIpc) is 2.57. The van der Waals surface area contributed by atoms with Gasteiger partial charge in [-0.25, -0.2) is 0 Å². The molecule has 0 bridgehead atoms. The van der Waals surface area contributed by atoms with Crippen LogP contribution in [0.1, 0.15) is 0 Å². The van der Waals surface area contributed by atoms with Crippen molar-refractivity contribution in [1.29, 1.82) is 0 Å². The predicted molar refractivity (Wildman–Crippen MR) is 49.6 cm³/mol. The molecule has 2 aromatic rings. The summed E-state index contributed by atoms with van der Waals surface area (Å²) in [6.45, 7) is 0. The van der Waals surface area contributed by atoms with Gasteiger partial charge < -0.3 is 4.42 Å². The number of nitrogens with zero attached hydrogens (tertiary/aromatic N) is 1. The van der Waals surface area contributed by atoms with E-state index in [4.69, 9.17) is 4.42 Å². The molecule has 0 saturated heterocycles. The molecule has 0 radical (unpaired) electrons. The number of hydrogen-bond acceptors (Lipinski definition) is 2. The predicted octanol–water partition coefficient (Wildman–Crippen LogP) is 3.10. The maximum Gasteiger partial charge on any atom is 0.136 e. The van der Waals surface area contributed by atoms with Crippen LogP contribution in [-0.4, -0.2) is 4.98 Å². The van der Waals surface area contributed by atoms with Crippen LogP contribution in [0.5, 0.6) is 0 Å². The van der Waals surface area contributed by atoms with Crippen molar-refractivity contribution in [3.05, 3.63) is 41.3 Å². The number of aromatic nitrogens is 1. The smallest absolute Gasteiger partial charge is 0.136 e. The third-order valence-electron chi connectivity index (χ3n) is 1.55. The molecule has 60 valence electrons. The standard InChI is InChI=1S/C9H6BrNO/c10-8-3-4-11-6-7(8)9-2-1-5-12-9/h1-6H. The summed E-state index contributed by atoms with van der Waals surface area (Å²) in [7, 11) is 0. The molecule has 0 N–H and O–H groups in total. The largest absolute Gasteiger partial charge is 0.464 e. The lowest BCUT2D eigenvalue weighted by Crippen LogP contribution is -1.77. The Morgan fingerprint density at radius 3 is 2.92 bits per heavy atom. The Morgan fingerprint density at radius 2 is 2.25 bits per heavy atom. The number of halogens is 1. The Bertz CT molecular complexity index is 370. The highest BCUT2D eigenvalue weighted by Gasteiger charge is 2.03. The number of rotatable bonds is 1. The lowest BCUT2D eigenvalue weighted by atomic mass is 10.2. The minimum atomic E-state index is 0.829. The van der Waals surface area contributed by atoms with Crippen molar-refractivity contribution in [2.24, 2.45) is 0 Å². The Hall–Kier alpha value is -1.09. The molecule has 2 aromatic heterocycles. The summed E-state index contributed by atoms with van der Waals surface area (Å²) in [4.78, 5) is 4.01. The van der Waals surface area contributed by atoms with E-state index in [2.05, 4.69) is 20.9 Å². The van der Waals surface area contributed by atoms with Gasteiger partial charge in [0, 0.05) is 22.4 Å². The molecule has 3 heteroatoms. The summed E-state index contributed by atoms with van der Waals surface area (Å²) in [5, 5.41) is 0. The van der Waals surface area contributed by atoms with Gasteiger partial charge in [-0.05, 0) is 34.1 Å². The molecule has 0 aliphatic rings. The van der Waals surface area contributed by atoms with Crippen molar-refractivity contribution in [3.63, 3.8) is 0 Å². The van der Waals surface area contributed by atoms with E-state index in [-0.39, 0.29) is 0 Å². The zero-order valence-electron chi connectivity index (χ0n) is 6.20. The molecule has 2 nitrogen and oxygen atoms in total. The van der Waals surface area contributed by atoms with Gasteiger partial charge in [-0.1, -0.05) is 0 Å². The van der Waals surface area contributed by atoms with E-state index in [9.17, 15) is 0 Å². The summed E-state index contributed by atoms with van der Waals surface area (Å²) < 4.78 is 6.22. The SMILES string of the molecule is Brc1ccncc1-c1ccco1. The highest BCUT2D eigenvalue weighted by Crippen LogP contribution is 2.26. The molecule has 0 amide bonds. The van der Waals surface area contributed by atoms with Gasteiger partial charge in [-0.3, -0.25) is 4.98 Å².